The Kier molecular flexibility index (Phi) is 4.91. The molecule has 1 N–H and O–H groups in total. The summed E-state index contributed by atoms with van der Waals surface area (Å²) in [5, 5.41) is 12.4. The van der Waals surface area contributed by atoms with E-state index < -0.39 is 5.97 Å². The first-order valence-electron chi connectivity index (χ1n) is 5.41. The predicted molar refractivity (Wildman–Crippen MR) is 56.9 cm³/mol. The van der Waals surface area contributed by atoms with Crippen LogP contribution in [0.2, 0.25) is 0 Å². The van der Waals surface area contributed by atoms with Gasteiger partial charge >= 0.3 is 5.97 Å². The molecule has 1 aromatic heterocycles. The maximum Gasteiger partial charge on any atom is 0.304 e. The monoisotopic (exact) mass is 227 g/mol. The van der Waals surface area contributed by atoms with Crippen molar-refractivity contribution >= 4 is 5.97 Å². The van der Waals surface area contributed by atoms with Gasteiger partial charge in [-0.1, -0.05) is 19.0 Å². The van der Waals surface area contributed by atoms with Gasteiger partial charge < -0.3 is 9.63 Å². The van der Waals surface area contributed by atoms with Crippen molar-refractivity contribution in [3.05, 3.63) is 11.7 Å². The van der Waals surface area contributed by atoms with Gasteiger partial charge in [0.05, 0.1) is 13.0 Å². The maximum absolute atomic E-state index is 10.4. The van der Waals surface area contributed by atoms with E-state index >= 15 is 0 Å². The molecule has 0 atom stereocenters. The van der Waals surface area contributed by atoms with Crippen LogP contribution in [0.5, 0.6) is 0 Å². The SMILES string of the molecule is CCc1noc(CN(CC)CCC(=O)O)n1. The molecule has 0 bridgehead atoms. The van der Waals surface area contributed by atoms with Gasteiger partial charge in [-0.25, -0.2) is 0 Å². The molecule has 0 aromatic carbocycles. The van der Waals surface area contributed by atoms with Crippen molar-refractivity contribution in [3.63, 3.8) is 0 Å². The summed E-state index contributed by atoms with van der Waals surface area (Å²) in [6.45, 7) is 5.69. The highest BCUT2D eigenvalue weighted by Gasteiger charge is 2.11. The largest absolute Gasteiger partial charge is 0.481 e. The zero-order valence-corrected chi connectivity index (χ0v) is 9.64. The summed E-state index contributed by atoms with van der Waals surface area (Å²) in [4.78, 5) is 16.6. The Morgan fingerprint density at radius 1 is 1.50 bits per heavy atom. The van der Waals surface area contributed by atoms with E-state index in [9.17, 15) is 4.79 Å². The van der Waals surface area contributed by atoms with E-state index in [1.807, 2.05) is 18.7 Å². The molecule has 0 spiro atoms. The van der Waals surface area contributed by atoms with Crippen LogP contribution in [0.25, 0.3) is 0 Å². The van der Waals surface area contributed by atoms with Crippen LogP contribution in [0.3, 0.4) is 0 Å². The third-order valence-electron chi connectivity index (χ3n) is 2.27. The molecule has 0 aliphatic rings. The second-order valence-corrected chi connectivity index (χ2v) is 3.47. The Hall–Kier alpha value is -1.43. The molecule has 1 heterocycles. The van der Waals surface area contributed by atoms with E-state index in [0.717, 1.165) is 13.0 Å². The first kappa shape index (κ1) is 12.6. The van der Waals surface area contributed by atoms with Crippen molar-refractivity contribution in [2.45, 2.75) is 33.2 Å². The summed E-state index contributed by atoms with van der Waals surface area (Å²) >= 11 is 0. The molecule has 0 aliphatic carbocycles. The molecule has 0 saturated heterocycles. The average Bonchev–Trinajstić information content (AvgIpc) is 2.71. The molecule has 0 unspecified atom stereocenters. The van der Waals surface area contributed by atoms with E-state index in [2.05, 4.69) is 10.1 Å². The van der Waals surface area contributed by atoms with Crippen LogP contribution in [-0.2, 0) is 17.8 Å². The van der Waals surface area contributed by atoms with Gasteiger partial charge in [0.2, 0.25) is 5.89 Å². The van der Waals surface area contributed by atoms with E-state index in [4.69, 9.17) is 9.63 Å². The highest BCUT2D eigenvalue weighted by molar-refractivity contribution is 5.66. The molecule has 6 heteroatoms. The zero-order valence-electron chi connectivity index (χ0n) is 9.64. The summed E-state index contributed by atoms with van der Waals surface area (Å²) in [6.07, 6.45) is 0.868. The van der Waals surface area contributed by atoms with E-state index in [1.165, 1.54) is 0 Å². The van der Waals surface area contributed by atoms with Crippen molar-refractivity contribution < 1.29 is 14.4 Å². The topological polar surface area (TPSA) is 79.5 Å². The number of aliphatic carboxylic acids is 1. The summed E-state index contributed by atoms with van der Waals surface area (Å²) in [6, 6.07) is 0. The highest BCUT2D eigenvalue weighted by Crippen LogP contribution is 2.03. The Bertz CT molecular complexity index is 338. The summed E-state index contributed by atoms with van der Waals surface area (Å²) in [5.41, 5.74) is 0. The van der Waals surface area contributed by atoms with Crippen molar-refractivity contribution in [1.82, 2.24) is 15.0 Å². The zero-order chi connectivity index (χ0) is 12.0. The molecular weight excluding hydrogens is 210 g/mol. The number of aryl methyl sites for hydroxylation is 1. The average molecular weight is 227 g/mol. The Morgan fingerprint density at radius 3 is 2.75 bits per heavy atom. The van der Waals surface area contributed by atoms with Crippen molar-refractivity contribution in [2.24, 2.45) is 0 Å². The van der Waals surface area contributed by atoms with Crippen LogP contribution in [0, 0.1) is 0 Å². The quantitative estimate of drug-likeness (QED) is 0.746. The van der Waals surface area contributed by atoms with Crippen molar-refractivity contribution in [3.8, 4) is 0 Å². The van der Waals surface area contributed by atoms with Crippen LogP contribution in [0.1, 0.15) is 32.0 Å². The van der Waals surface area contributed by atoms with Crippen LogP contribution < -0.4 is 0 Å². The lowest BCUT2D eigenvalue weighted by Crippen LogP contribution is -2.25. The number of aromatic nitrogens is 2. The lowest BCUT2D eigenvalue weighted by atomic mass is 10.3. The minimum atomic E-state index is -0.793. The van der Waals surface area contributed by atoms with Gasteiger partial charge in [0.15, 0.2) is 5.82 Å². The lowest BCUT2D eigenvalue weighted by molar-refractivity contribution is -0.137. The number of carbonyl (C=O) groups is 1. The van der Waals surface area contributed by atoms with Gasteiger partial charge in [-0.15, -0.1) is 0 Å². The minimum absolute atomic E-state index is 0.128. The van der Waals surface area contributed by atoms with Crippen LogP contribution >= 0.6 is 0 Å². The molecule has 1 rings (SSSR count). The second-order valence-electron chi connectivity index (χ2n) is 3.47. The number of nitrogens with zero attached hydrogens (tertiary/aromatic N) is 3. The first-order chi connectivity index (χ1) is 7.65. The number of hydrogen-bond acceptors (Lipinski definition) is 5. The fraction of sp³-hybridized carbons (Fsp3) is 0.700. The van der Waals surface area contributed by atoms with E-state index in [-0.39, 0.29) is 6.42 Å². The molecule has 0 amide bonds. The fourth-order valence-electron chi connectivity index (χ4n) is 1.29. The van der Waals surface area contributed by atoms with Crippen LogP contribution in [0.4, 0.5) is 0 Å². The van der Waals surface area contributed by atoms with Gasteiger partial charge in [-0.05, 0) is 6.54 Å². The van der Waals surface area contributed by atoms with E-state index in [0.29, 0.717) is 24.8 Å². The third kappa shape index (κ3) is 3.98. The van der Waals surface area contributed by atoms with Gasteiger partial charge in [-0.2, -0.15) is 4.98 Å². The van der Waals surface area contributed by atoms with Crippen LogP contribution in [-0.4, -0.2) is 39.2 Å². The number of carboxylic acids is 1. The van der Waals surface area contributed by atoms with Crippen molar-refractivity contribution in [1.29, 1.82) is 0 Å². The molecule has 0 aliphatic heterocycles. The lowest BCUT2D eigenvalue weighted by Gasteiger charge is -2.16. The predicted octanol–water partition coefficient (Wildman–Crippen LogP) is 0.929. The third-order valence-corrected chi connectivity index (χ3v) is 2.27. The molecule has 6 nitrogen and oxygen atoms in total. The Labute approximate surface area is 94.3 Å². The first-order valence-corrected chi connectivity index (χ1v) is 5.41. The van der Waals surface area contributed by atoms with Gasteiger partial charge in [0.25, 0.3) is 0 Å². The maximum atomic E-state index is 10.4. The molecule has 0 fully saturated rings. The summed E-state index contributed by atoms with van der Waals surface area (Å²) in [5.74, 6) is 0.437. The Morgan fingerprint density at radius 2 is 2.25 bits per heavy atom. The smallest absolute Gasteiger partial charge is 0.304 e. The number of carboxylic acid groups (broad SMARTS) is 1. The number of hydrogen-bond donors (Lipinski definition) is 1. The van der Waals surface area contributed by atoms with Gasteiger partial charge in [0, 0.05) is 13.0 Å². The molecule has 1 aromatic rings. The summed E-state index contributed by atoms with van der Waals surface area (Å²) < 4.78 is 5.04. The van der Waals surface area contributed by atoms with Gasteiger partial charge in [0.1, 0.15) is 0 Å². The molecule has 0 radical (unpaired) electrons. The van der Waals surface area contributed by atoms with Gasteiger partial charge in [-0.3, -0.25) is 9.69 Å². The normalized spacial score (nSPS) is 10.9. The van der Waals surface area contributed by atoms with Crippen LogP contribution in [0.15, 0.2) is 4.52 Å². The summed E-state index contributed by atoms with van der Waals surface area (Å²) in [7, 11) is 0. The van der Waals surface area contributed by atoms with E-state index in [1.54, 1.807) is 0 Å². The second kappa shape index (κ2) is 6.22. The number of rotatable bonds is 7. The molecule has 90 valence electrons. The molecular formula is C10H17N3O3. The minimum Gasteiger partial charge on any atom is -0.481 e. The Balaban J connectivity index is 2.45. The fourth-order valence-corrected chi connectivity index (χ4v) is 1.29. The molecule has 16 heavy (non-hydrogen) atoms. The highest BCUT2D eigenvalue weighted by atomic mass is 16.5. The molecule has 0 saturated carbocycles. The van der Waals surface area contributed by atoms with Crippen molar-refractivity contribution in [2.75, 3.05) is 13.1 Å². The standard InChI is InChI=1S/C10H17N3O3/c1-3-8-11-9(16-12-8)7-13(4-2)6-5-10(14)15/h3-7H2,1-2H3,(H,14,15).